The van der Waals surface area contributed by atoms with E-state index >= 15 is 0 Å². The van der Waals surface area contributed by atoms with Crippen molar-refractivity contribution in [3.63, 3.8) is 0 Å². The third kappa shape index (κ3) is 3.54. The second-order valence-corrected chi connectivity index (χ2v) is 5.57. The highest BCUT2D eigenvalue weighted by atomic mass is 32.2. The number of carbonyl (C=O) groups is 1. The zero-order valence-electron chi connectivity index (χ0n) is 11.7. The monoisotopic (exact) mass is 329 g/mol. The van der Waals surface area contributed by atoms with Crippen LogP contribution in [0.15, 0.2) is 53.7 Å². The van der Waals surface area contributed by atoms with Crippen LogP contribution >= 0.6 is 11.8 Å². The van der Waals surface area contributed by atoms with Crippen LogP contribution in [0.5, 0.6) is 0 Å². The lowest BCUT2D eigenvalue weighted by Crippen LogP contribution is -2.21. The predicted molar refractivity (Wildman–Crippen MR) is 79.4 cm³/mol. The normalized spacial score (nSPS) is 10.7. The molecule has 0 radical (unpaired) electrons. The summed E-state index contributed by atoms with van der Waals surface area (Å²) in [7, 11) is 0. The molecule has 0 unspecified atom stereocenters. The van der Waals surface area contributed by atoms with Gasteiger partial charge >= 0.3 is 0 Å². The van der Waals surface area contributed by atoms with Gasteiger partial charge in [0, 0.05) is 5.75 Å². The molecule has 3 rings (SSSR count). The summed E-state index contributed by atoms with van der Waals surface area (Å²) in [6, 6.07) is 12.3. The van der Waals surface area contributed by atoms with Crippen LogP contribution in [0, 0.1) is 5.82 Å². The summed E-state index contributed by atoms with van der Waals surface area (Å²) in [6.07, 6.45) is 0. The average molecular weight is 329 g/mol. The minimum Gasteiger partial charge on any atom is -0.545 e. The number of rotatable bonds is 5. The van der Waals surface area contributed by atoms with E-state index in [0.717, 1.165) is 5.56 Å². The van der Waals surface area contributed by atoms with Gasteiger partial charge in [-0.15, -0.1) is 5.10 Å². The second-order valence-electron chi connectivity index (χ2n) is 4.62. The molecule has 2 aromatic carbocycles. The van der Waals surface area contributed by atoms with Crippen molar-refractivity contribution in [1.29, 1.82) is 0 Å². The van der Waals surface area contributed by atoms with E-state index in [4.69, 9.17) is 0 Å². The van der Waals surface area contributed by atoms with E-state index in [0.29, 0.717) is 16.6 Å². The van der Waals surface area contributed by atoms with E-state index in [-0.39, 0.29) is 11.4 Å². The van der Waals surface area contributed by atoms with Crippen LogP contribution < -0.4 is 5.11 Å². The third-order valence-corrected chi connectivity index (χ3v) is 4.06. The quantitative estimate of drug-likeness (QED) is 0.659. The first-order valence-electron chi connectivity index (χ1n) is 6.61. The van der Waals surface area contributed by atoms with Gasteiger partial charge in [0.2, 0.25) is 5.16 Å². The van der Waals surface area contributed by atoms with Crippen LogP contribution in [0.4, 0.5) is 4.39 Å². The standard InChI is InChI=1S/C15H11FN4O2S/c16-12-5-7-13(8-6-12)20-15(17-18-19-20)23-9-10-1-3-11(4-2-10)14(21)22/h1-8H,9H2,(H,21,22)/p-1. The SMILES string of the molecule is O=C([O-])c1ccc(CSc2nnnn2-c2ccc(F)cc2)cc1. The Labute approximate surface area is 135 Å². The number of halogens is 1. The molecule has 23 heavy (non-hydrogen) atoms. The largest absolute Gasteiger partial charge is 0.545 e. The number of benzene rings is 2. The Kier molecular flexibility index (Phi) is 4.33. The molecule has 8 heteroatoms. The van der Waals surface area contributed by atoms with Gasteiger partial charge in [0.1, 0.15) is 5.82 Å². The number of tetrazole rings is 1. The van der Waals surface area contributed by atoms with E-state index in [1.807, 2.05) is 0 Å². The Hall–Kier alpha value is -2.74. The lowest BCUT2D eigenvalue weighted by atomic mass is 10.1. The van der Waals surface area contributed by atoms with Gasteiger partial charge in [0.25, 0.3) is 0 Å². The van der Waals surface area contributed by atoms with Crippen molar-refractivity contribution in [3.8, 4) is 5.69 Å². The van der Waals surface area contributed by atoms with E-state index < -0.39 is 5.97 Å². The molecule has 0 saturated heterocycles. The van der Waals surface area contributed by atoms with Crippen molar-refractivity contribution in [2.75, 3.05) is 0 Å². The highest BCUT2D eigenvalue weighted by Crippen LogP contribution is 2.22. The fourth-order valence-electron chi connectivity index (χ4n) is 1.90. The Bertz CT molecular complexity index is 818. The summed E-state index contributed by atoms with van der Waals surface area (Å²) in [5, 5.41) is 22.7. The molecular formula is C15H10FN4O2S-. The van der Waals surface area contributed by atoms with Crippen LogP contribution in [0.1, 0.15) is 15.9 Å². The summed E-state index contributed by atoms with van der Waals surface area (Å²) < 4.78 is 14.5. The lowest BCUT2D eigenvalue weighted by Gasteiger charge is -2.06. The Morgan fingerprint density at radius 1 is 1.13 bits per heavy atom. The van der Waals surface area contributed by atoms with Gasteiger partial charge < -0.3 is 9.90 Å². The van der Waals surface area contributed by atoms with Crippen LogP contribution in [-0.4, -0.2) is 26.2 Å². The van der Waals surface area contributed by atoms with E-state index in [2.05, 4.69) is 15.5 Å². The molecule has 1 heterocycles. The number of carbonyl (C=O) groups excluding carboxylic acids is 1. The molecule has 0 aliphatic rings. The number of aromatic carboxylic acids is 1. The molecule has 0 atom stereocenters. The van der Waals surface area contributed by atoms with Crippen molar-refractivity contribution in [1.82, 2.24) is 20.2 Å². The molecule has 0 aliphatic carbocycles. The van der Waals surface area contributed by atoms with Gasteiger partial charge in [-0.3, -0.25) is 0 Å². The first-order valence-corrected chi connectivity index (χ1v) is 7.59. The molecule has 0 bridgehead atoms. The number of hydrogen-bond donors (Lipinski definition) is 0. The zero-order valence-corrected chi connectivity index (χ0v) is 12.5. The van der Waals surface area contributed by atoms with Crippen molar-refractivity contribution < 1.29 is 14.3 Å². The number of aromatic nitrogens is 4. The smallest absolute Gasteiger partial charge is 0.214 e. The third-order valence-electron chi connectivity index (χ3n) is 3.07. The van der Waals surface area contributed by atoms with Crippen molar-refractivity contribution in [2.24, 2.45) is 0 Å². The molecule has 1 aromatic heterocycles. The summed E-state index contributed by atoms with van der Waals surface area (Å²) in [4.78, 5) is 10.7. The number of hydrogen-bond acceptors (Lipinski definition) is 6. The Morgan fingerprint density at radius 2 is 1.83 bits per heavy atom. The van der Waals surface area contributed by atoms with Crippen molar-refractivity contribution >= 4 is 17.7 Å². The topological polar surface area (TPSA) is 83.7 Å². The van der Waals surface area contributed by atoms with Crippen LogP contribution in [0.3, 0.4) is 0 Å². The number of thioether (sulfide) groups is 1. The van der Waals surface area contributed by atoms with Gasteiger partial charge in [0.05, 0.1) is 11.7 Å². The maximum atomic E-state index is 13.0. The van der Waals surface area contributed by atoms with E-state index in [1.54, 1.807) is 24.3 Å². The first-order chi connectivity index (χ1) is 11.1. The first kappa shape index (κ1) is 15.2. The molecule has 0 saturated carbocycles. The number of carboxylic acid groups (broad SMARTS) is 1. The molecule has 116 valence electrons. The maximum Gasteiger partial charge on any atom is 0.214 e. The molecule has 0 aliphatic heterocycles. The molecule has 0 amide bonds. The van der Waals surface area contributed by atoms with E-state index in [9.17, 15) is 14.3 Å². The van der Waals surface area contributed by atoms with Crippen LogP contribution in [0.25, 0.3) is 5.69 Å². The van der Waals surface area contributed by atoms with Gasteiger partial charge in [0.15, 0.2) is 0 Å². The average Bonchev–Trinajstić information content (AvgIpc) is 3.02. The number of carboxylic acids is 1. The molecule has 6 nitrogen and oxygen atoms in total. The van der Waals surface area contributed by atoms with Crippen LogP contribution in [0.2, 0.25) is 0 Å². The molecule has 0 N–H and O–H groups in total. The maximum absolute atomic E-state index is 13.0. The number of nitrogens with zero attached hydrogens (tertiary/aromatic N) is 4. The van der Waals surface area contributed by atoms with Crippen LogP contribution in [-0.2, 0) is 5.75 Å². The molecular weight excluding hydrogens is 319 g/mol. The summed E-state index contributed by atoms with van der Waals surface area (Å²) >= 11 is 1.39. The Balaban J connectivity index is 1.73. The minimum absolute atomic E-state index is 0.134. The highest BCUT2D eigenvalue weighted by Gasteiger charge is 2.09. The van der Waals surface area contributed by atoms with Gasteiger partial charge in [-0.2, -0.15) is 4.68 Å². The predicted octanol–water partition coefficient (Wildman–Crippen LogP) is 1.46. The molecule has 0 fully saturated rings. The molecule has 0 spiro atoms. The fourth-order valence-corrected chi connectivity index (χ4v) is 2.74. The Morgan fingerprint density at radius 3 is 2.48 bits per heavy atom. The summed E-state index contributed by atoms with van der Waals surface area (Å²) in [5.41, 5.74) is 1.72. The van der Waals surface area contributed by atoms with Crippen molar-refractivity contribution in [3.05, 3.63) is 65.5 Å². The summed E-state index contributed by atoms with van der Waals surface area (Å²) in [6.45, 7) is 0. The van der Waals surface area contributed by atoms with Crippen molar-refractivity contribution in [2.45, 2.75) is 10.9 Å². The van der Waals surface area contributed by atoms with Gasteiger partial charge in [-0.25, -0.2) is 4.39 Å². The second kappa shape index (κ2) is 6.57. The highest BCUT2D eigenvalue weighted by molar-refractivity contribution is 7.98. The minimum atomic E-state index is -1.20. The van der Waals surface area contributed by atoms with Gasteiger partial charge in [-0.05, 0) is 45.8 Å². The zero-order chi connectivity index (χ0) is 16.2. The lowest BCUT2D eigenvalue weighted by molar-refractivity contribution is -0.255. The summed E-state index contributed by atoms with van der Waals surface area (Å²) in [5.74, 6) is -0.969. The fraction of sp³-hybridized carbons (Fsp3) is 0.0667. The van der Waals surface area contributed by atoms with E-state index in [1.165, 1.54) is 40.7 Å². The van der Waals surface area contributed by atoms with Gasteiger partial charge in [-0.1, -0.05) is 36.0 Å². The molecule has 3 aromatic rings.